The highest BCUT2D eigenvalue weighted by atomic mass is 32.1. The second-order valence-electron chi connectivity index (χ2n) is 6.72. The largest absolute Gasteiger partial charge is 0.465 e. The summed E-state index contributed by atoms with van der Waals surface area (Å²) in [4.78, 5) is 37.6. The van der Waals surface area contributed by atoms with E-state index >= 15 is 0 Å². The van der Waals surface area contributed by atoms with Gasteiger partial charge in [-0.15, -0.1) is 11.3 Å². The Kier molecular flexibility index (Phi) is 6.81. The van der Waals surface area contributed by atoms with Crippen LogP contribution in [0.15, 0.2) is 30.3 Å². The van der Waals surface area contributed by atoms with Crippen molar-refractivity contribution in [3.8, 4) is 0 Å². The molecule has 1 aromatic heterocycles. The third kappa shape index (κ3) is 4.98. The molecule has 0 radical (unpaired) electrons. The number of hydrogen-bond donors (Lipinski definition) is 2. The molecule has 0 fully saturated rings. The topological polar surface area (TPSA) is 84.5 Å². The van der Waals surface area contributed by atoms with Gasteiger partial charge in [-0.05, 0) is 36.8 Å². The number of nitrogens with one attached hydrogen (secondary N) is 2. The highest BCUT2D eigenvalue weighted by Crippen LogP contribution is 2.38. The minimum Gasteiger partial charge on any atom is -0.465 e. The summed E-state index contributed by atoms with van der Waals surface area (Å²) < 4.78 is 4.91. The fourth-order valence-electron chi connectivity index (χ4n) is 3.32. The number of fused-ring (bicyclic) bond motifs is 1. The van der Waals surface area contributed by atoms with E-state index in [0.29, 0.717) is 10.6 Å². The zero-order valence-electron chi connectivity index (χ0n) is 15.9. The number of amides is 2. The van der Waals surface area contributed by atoms with Crippen molar-refractivity contribution in [1.82, 2.24) is 5.32 Å². The van der Waals surface area contributed by atoms with Gasteiger partial charge in [-0.25, -0.2) is 4.79 Å². The molecule has 1 aliphatic carbocycles. The van der Waals surface area contributed by atoms with E-state index in [-0.39, 0.29) is 31.2 Å². The quantitative estimate of drug-likeness (QED) is 0.700. The van der Waals surface area contributed by atoms with Crippen LogP contribution in [-0.2, 0) is 33.6 Å². The van der Waals surface area contributed by atoms with Crippen LogP contribution in [-0.4, -0.2) is 31.4 Å². The number of aryl methyl sites for hydroxylation is 1. The maximum absolute atomic E-state index is 12.3. The highest BCUT2D eigenvalue weighted by Gasteiger charge is 2.26. The first kappa shape index (κ1) is 20.1. The van der Waals surface area contributed by atoms with Gasteiger partial charge in [-0.1, -0.05) is 30.3 Å². The molecule has 2 N–H and O–H groups in total. The first-order valence-electron chi connectivity index (χ1n) is 9.41. The molecule has 1 heterocycles. The second-order valence-corrected chi connectivity index (χ2v) is 7.82. The molecule has 3 rings (SSSR count). The van der Waals surface area contributed by atoms with Crippen molar-refractivity contribution >= 4 is 34.1 Å². The Balaban J connectivity index is 1.54. The van der Waals surface area contributed by atoms with E-state index in [2.05, 4.69) is 10.6 Å². The van der Waals surface area contributed by atoms with Crippen molar-refractivity contribution in [2.45, 2.75) is 38.5 Å². The second kappa shape index (κ2) is 9.50. The van der Waals surface area contributed by atoms with Crippen LogP contribution in [0.2, 0.25) is 0 Å². The summed E-state index contributed by atoms with van der Waals surface area (Å²) in [6.45, 7) is 0.246. The summed E-state index contributed by atoms with van der Waals surface area (Å²) in [7, 11) is 1.35. The zero-order chi connectivity index (χ0) is 19.9. The van der Waals surface area contributed by atoms with Crippen LogP contribution in [0.3, 0.4) is 0 Å². The van der Waals surface area contributed by atoms with Gasteiger partial charge < -0.3 is 15.4 Å². The Morgan fingerprint density at radius 2 is 1.82 bits per heavy atom. The van der Waals surface area contributed by atoms with Gasteiger partial charge >= 0.3 is 5.97 Å². The predicted octanol–water partition coefficient (Wildman–Crippen LogP) is 3.10. The van der Waals surface area contributed by atoms with Crippen molar-refractivity contribution in [1.29, 1.82) is 0 Å². The van der Waals surface area contributed by atoms with Gasteiger partial charge in [0.05, 0.1) is 19.1 Å². The lowest BCUT2D eigenvalue weighted by Gasteiger charge is -2.11. The van der Waals surface area contributed by atoms with E-state index < -0.39 is 5.97 Å². The summed E-state index contributed by atoms with van der Waals surface area (Å²) in [5.41, 5.74) is 2.43. The van der Waals surface area contributed by atoms with Crippen LogP contribution >= 0.6 is 11.3 Å². The molecule has 148 valence electrons. The van der Waals surface area contributed by atoms with Crippen molar-refractivity contribution in [3.63, 3.8) is 0 Å². The van der Waals surface area contributed by atoms with E-state index in [4.69, 9.17) is 4.74 Å². The van der Waals surface area contributed by atoms with Gasteiger partial charge in [-0.2, -0.15) is 0 Å². The Hall–Kier alpha value is -2.67. The Morgan fingerprint density at radius 1 is 1.07 bits per heavy atom. The molecule has 1 aromatic carbocycles. The fourth-order valence-corrected chi connectivity index (χ4v) is 4.61. The van der Waals surface area contributed by atoms with Crippen molar-refractivity contribution in [2.24, 2.45) is 0 Å². The summed E-state index contributed by atoms with van der Waals surface area (Å²) in [5.74, 6) is -0.768. The molecule has 2 amide bonds. The molecular weight excluding hydrogens is 376 g/mol. The number of anilines is 1. The number of benzene rings is 1. The number of thiophene rings is 1. The molecule has 0 atom stereocenters. The molecule has 0 spiro atoms. The van der Waals surface area contributed by atoms with Gasteiger partial charge in [0, 0.05) is 17.8 Å². The smallest absolute Gasteiger partial charge is 0.341 e. The monoisotopic (exact) mass is 400 g/mol. The van der Waals surface area contributed by atoms with E-state index in [9.17, 15) is 14.4 Å². The third-order valence-electron chi connectivity index (χ3n) is 4.70. The molecule has 28 heavy (non-hydrogen) atoms. The average Bonchev–Trinajstić information content (AvgIpc) is 3.05. The SMILES string of the molecule is COC(=O)c1c(NC(=O)CCNC(=O)Cc2ccccc2)sc2c1CCCC2. The molecule has 0 bridgehead atoms. The number of carbonyl (C=O) groups excluding carboxylic acids is 3. The molecule has 0 aliphatic heterocycles. The molecule has 0 unspecified atom stereocenters. The summed E-state index contributed by atoms with van der Waals surface area (Å²) in [6, 6.07) is 9.44. The first-order valence-corrected chi connectivity index (χ1v) is 10.2. The normalized spacial score (nSPS) is 12.8. The lowest BCUT2D eigenvalue weighted by atomic mass is 9.95. The van der Waals surface area contributed by atoms with Crippen LogP contribution in [0.5, 0.6) is 0 Å². The molecular formula is C21H24N2O4S. The fraction of sp³-hybridized carbons (Fsp3) is 0.381. The summed E-state index contributed by atoms with van der Waals surface area (Å²) in [6.07, 6.45) is 4.32. The number of rotatable bonds is 7. The number of esters is 1. The van der Waals surface area contributed by atoms with Crippen LogP contribution in [0.4, 0.5) is 5.00 Å². The highest BCUT2D eigenvalue weighted by molar-refractivity contribution is 7.17. The Labute approximate surface area is 168 Å². The zero-order valence-corrected chi connectivity index (χ0v) is 16.7. The maximum Gasteiger partial charge on any atom is 0.341 e. The molecule has 0 saturated carbocycles. The lowest BCUT2D eigenvalue weighted by Crippen LogP contribution is -2.29. The third-order valence-corrected chi connectivity index (χ3v) is 5.90. The van der Waals surface area contributed by atoms with Crippen molar-refractivity contribution < 1.29 is 19.1 Å². The summed E-state index contributed by atoms with van der Waals surface area (Å²) >= 11 is 1.46. The number of methoxy groups -OCH3 is 1. The van der Waals surface area contributed by atoms with E-state index in [1.807, 2.05) is 30.3 Å². The number of ether oxygens (including phenoxy) is 1. The summed E-state index contributed by atoms with van der Waals surface area (Å²) in [5, 5.41) is 6.15. The van der Waals surface area contributed by atoms with E-state index in [1.165, 1.54) is 18.4 Å². The number of carbonyl (C=O) groups is 3. The van der Waals surface area contributed by atoms with Crippen LogP contribution in [0, 0.1) is 0 Å². The Morgan fingerprint density at radius 3 is 2.57 bits per heavy atom. The van der Waals surface area contributed by atoms with Gasteiger partial charge in [-0.3, -0.25) is 9.59 Å². The van der Waals surface area contributed by atoms with Crippen LogP contribution in [0.1, 0.15) is 45.6 Å². The first-order chi connectivity index (χ1) is 13.6. The average molecular weight is 401 g/mol. The van der Waals surface area contributed by atoms with E-state index in [0.717, 1.165) is 41.7 Å². The van der Waals surface area contributed by atoms with Crippen molar-refractivity contribution in [3.05, 3.63) is 51.9 Å². The minimum absolute atomic E-state index is 0.124. The Bertz CT molecular complexity index is 861. The van der Waals surface area contributed by atoms with Crippen LogP contribution < -0.4 is 10.6 Å². The minimum atomic E-state index is -0.411. The molecule has 7 heteroatoms. The number of hydrogen-bond acceptors (Lipinski definition) is 5. The van der Waals surface area contributed by atoms with Gasteiger partial charge in [0.25, 0.3) is 0 Å². The maximum atomic E-state index is 12.3. The van der Waals surface area contributed by atoms with E-state index in [1.54, 1.807) is 0 Å². The van der Waals surface area contributed by atoms with Crippen LogP contribution in [0.25, 0.3) is 0 Å². The van der Waals surface area contributed by atoms with Crippen molar-refractivity contribution in [2.75, 3.05) is 19.0 Å². The molecule has 2 aromatic rings. The lowest BCUT2D eigenvalue weighted by molar-refractivity contribution is -0.120. The predicted molar refractivity (Wildman–Crippen MR) is 109 cm³/mol. The molecule has 0 saturated heterocycles. The molecule has 6 nitrogen and oxygen atoms in total. The molecule has 1 aliphatic rings. The van der Waals surface area contributed by atoms with Gasteiger partial charge in [0.1, 0.15) is 5.00 Å². The van der Waals surface area contributed by atoms with Gasteiger partial charge in [0.15, 0.2) is 0 Å². The standard InChI is InChI=1S/C21H24N2O4S/c1-27-21(26)19-15-9-5-6-10-16(15)28-20(19)23-17(24)11-12-22-18(25)13-14-7-3-2-4-8-14/h2-4,7-8H,5-6,9-13H2,1H3,(H,22,25)(H,23,24). The van der Waals surface area contributed by atoms with Gasteiger partial charge in [0.2, 0.25) is 11.8 Å².